The molecule has 2 aliphatic rings. The summed E-state index contributed by atoms with van der Waals surface area (Å²) in [7, 11) is 1.62. The second kappa shape index (κ2) is 7.83. The number of methoxy groups -OCH3 is 1. The third kappa shape index (κ3) is 3.44. The number of nitrogens with zero attached hydrogens (tertiary/aromatic N) is 7. The SMILES string of the molecule is COc1cccc2c1nc(N)n1nc(C3CCC(C)N(c4cnn(CC5(O)CCC5)c4)C3)nc21. The van der Waals surface area contributed by atoms with Gasteiger partial charge in [-0.1, -0.05) is 6.07 Å². The Morgan fingerprint density at radius 1 is 1.24 bits per heavy atom. The number of piperidine rings is 1. The highest BCUT2D eigenvalue weighted by Gasteiger charge is 2.35. The molecule has 4 heterocycles. The molecule has 1 saturated carbocycles. The number of rotatable bonds is 5. The Hall–Kier alpha value is -3.40. The molecule has 10 nitrogen and oxygen atoms in total. The van der Waals surface area contributed by atoms with Gasteiger partial charge >= 0.3 is 0 Å². The first-order valence-corrected chi connectivity index (χ1v) is 11.9. The summed E-state index contributed by atoms with van der Waals surface area (Å²) in [5, 5.41) is 20.7. The number of benzene rings is 1. The first-order valence-electron chi connectivity index (χ1n) is 11.9. The molecule has 1 aliphatic heterocycles. The molecule has 0 bridgehead atoms. The van der Waals surface area contributed by atoms with Gasteiger partial charge in [0.2, 0.25) is 5.95 Å². The van der Waals surface area contributed by atoms with Crippen LogP contribution in [0.4, 0.5) is 11.6 Å². The summed E-state index contributed by atoms with van der Waals surface area (Å²) in [6.45, 7) is 3.59. The van der Waals surface area contributed by atoms with Gasteiger partial charge in [-0.15, -0.1) is 5.10 Å². The lowest BCUT2D eigenvalue weighted by Crippen LogP contribution is -2.42. The zero-order chi connectivity index (χ0) is 23.4. The first-order chi connectivity index (χ1) is 16.4. The average molecular weight is 463 g/mol. The van der Waals surface area contributed by atoms with Crippen molar-refractivity contribution in [1.82, 2.24) is 29.4 Å². The molecule has 0 amide bonds. The third-order valence-electron chi connectivity index (χ3n) is 7.47. The maximum atomic E-state index is 10.5. The molecule has 1 saturated heterocycles. The molecule has 2 fully saturated rings. The molecule has 0 spiro atoms. The van der Waals surface area contributed by atoms with Gasteiger partial charge in [-0.25, -0.2) is 9.97 Å². The van der Waals surface area contributed by atoms with E-state index in [1.807, 2.05) is 35.3 Å². The molecular formula is C24H30N8O2. The maximum Gasteiger partial charge on any atom is 0.223 e. The Bertz CT molecular complexity index is 1360. The zero-order valence-corrected chi connectivity index (χ0v) is 19.6. The molecule has 34 heavy (non-hydrogen) atoms. The topological polar surface area (TPSA) is 120 Å². The van der Waals surface area contributed by atoms with Crippen LogP contribution in [-0.2, 0) is 6.54 Å². The Morgan fingerprint density at radius 2 is 2.09 bits per heavy atom. The highest BCUT2D eigenvalue weighted by molar-refractivity contribution is 5.95. The van der Waals surface area contributed by atoms with Gasteiger partial charge in [0.05, 0.1) is 31.1 Å². The highest BCUT2D eigenvalue weighted by Crippen LogP contribution is 2.35. The summed E-state index contributed by atoms with van der Waals surface area (Å²) in [4.78, 5) is 11.8. The van der Waals surface area contributed by atoms with Crippen molar-refractivity contribution in [3.8, 4) is 5.75 Å². The number of nitrogen functional groups attached to an aromatic ring is 1. The summed E-state index contributed by atoms with van der Waals surface area (Å²) in [5.74, 6) is 1.90. The molecular weight excluding hydrogens is 432 g/mol. The lowest BCUT2D eigenvalue weighted by Gasteiger charge is -2.38. The average Bonchev–Trinajstić information content (AvgIpc) is 3.46. The monoisotopic (exact) mass is 462 g/mol. The summed E-state index contributed by atoms with van der Waals surface area (Å²) in [5.41, 5.74) is 8.11. The molecule has 1 aromatic carbocycles. The molecule has 178 valence electrons. The smallest absolute Gasteiger partial charge is 0.223 e. The van der Waals surface area contributed by atoms with E-state index in [1.165, 1.54) is 0 Å². The van der Waals surface area contributed by atoms with Crippen molar-refractivity contribution in [1.29, 1.82) is 0 Å². The number of aliphatic hydroxyl groups is 1. The summed E-state index contributed by atoms with van der Waals surface area (Å²) >= 11 is 0. The Kier molecular flexibility index (Phi) is 4.87. The van der Waals surface area contributed by atoms with Gasteiger partial charge in [0.1, 0.15) is 11.3 Å². The van der Waals surface area contributed by atoms with Gasteiger partial charge < -0.3 is 20.5 Å². The van der Waals surface area contributed by atoms with Gasteiger partial charge in [-0.2, -0.15) is 9.61 Å². The minimum Gasteiger partial charge on any atom is -0.494 e. The Morgan fingerprint density at radius 3 is 2.85 bits per heavy atom. The van der Waals surface area contributed by atoms with Crippen LogP contribution < -0.4 is 15.4 Å². The summed E-state index contributed by atoms with van der Waals surface area (Å²) in [6.07, 6.45) is 8.76. The molecule has 3 N–H and O–H groups in total. The van der Waals surface area contributed by atoms with Crippen LogP contribution >= 0.6 is 0 Å². The quantitative estimate of drug-likeness (QED) is 0.465. The third-order valence-corrected chi connectivity index (χ3v) is 7.47. The lowest BCUT2D eigenvalue weighted by molar-refractivity contribution is -0.0498. The van der Waals surface area contributed by atoms with Crippen molar-refractivity contribution < 1.29 is 9.84 Å². The number of ether oxygens (including phenoxy) is 1. The van der Waals surface area contributed by atoms with E-state index in [9.17, 15) is 5.11 Å². The fraction of sp³-hybridized carbons (Fsp3) is 0.500. The fourth-order valence-corrected chi connectivity index (χ4v) is 5.29. The van der Waals surface area contributed by atoms with Crippen LogP contribution in [0.25, 0.3) is 16.6 Å². The molecule has 1 aliphatic carbocycles. The van der Waals surface area contributed by atoms with Crippen molar-refractivity contribution in [2.75, 3.05) is 24.3 Å². The summed E-state index contributed by atoms with van der Waals surface area (Å²) < 4.78 is 8.98. The molecule has 2 unspecified atom stereocenters. The Balaban J connectivity index is 1.30. The first kappa shape index (κ1) is 21.2. The van der Waals surface area contributed by atoms with Crippen LogP contribution in [0.3, 0.4) is 0 Å². The van der Waals surface area contributed by atoms with E-state index in [4.69, 9.17) is 20.6 Å². The number of anilines is 2. The number of para-hydroxylation sites is 1. The van der Waals surface area contributed by atoms with E-state index in [2.05, 4.69) is 21.9 Å². The number of aromatic nitrogens is 6. The van der Waals surface area contributed by atoms with Crippen molar-refractivity contribution in [3.63, 3.8) is 0 Å². The van der Waals surface area contributed by atoms with Crippen molar-refractivity contribution in [3.05, 3.63) is 36.4 Å². The van der Waals surface area contributed by atoms with E-state index in [-0.39, 0.29) is 5.92 Å². The van der Waals surface area contributed by atoms with Crippen LogP contribution in [0.1, 0.15) is 50.8 Å². The largest absolute Gasteiger partial charge is 0.494 e. The number of hydrogen-bond donors (Lipinski definition) is 2. The van der Waals surface area contributed by atoms with Gasteiger partial charge in [0.15, 0.2) is 11.5 Å². The van der Waals surface area contributed by atoms with Crippen LogP contribution in [0.5, 0.6) is 5.75 Å². The van der Waals surface area contributed by atoms with Crippen molar-refractivity contribution in [2.45, 2.75) is 63.1 Å². The lowest BCUT2D eigenvalue weighted by atomic mass is 9.80. The second-order valence-corrected chi connectivity index (χ2v) is 9.78. The standard InChI is InChI=1S/C24H30N8O2/c1-15-7-8-16(12-31(15)17-11-26-30(13-17)14-24(33)9-4-10-24)21-28-22-18-5-3-6-19(34-2)20(18)27-23(25)32(22)29-21/h3,5-6,11,13,15-16,33H,4,7-10,12,14H2,1-2H3,(H2,25,27). The van der Waals surface area contributed by atoms with E-state index in [1.54, 1.807) is 11.6 Å². The molecule has 4 aromatic rings. The van der Waals surface area contributed by atoms with E-state index in [0.717, 1.165) is 55.5 Å². The predicted molar refractivity (Wildman–Crippen MR) is 129 cm³/mol. The van der Waals surface area contributed by atoms with E-state index >= 15 is 0 Å². The zero-order valence-electron chi connectivity index (χ0n) is 19.6. The van der Waals surface area contributed by atoms with Gasteiger partial charge in [0, 0.05) is 30.1 Å². The Labute approximate surface area is 197 Å². The van der Waals surface area contributed by atoms with Crippen LogP contribution in [0.15, 0.2) is 30.6 Å². The fourth-order valence-electron chi connectivity index (χ4n) is 5.29. The molecule has 0 radical (unpaired) electrons. The second-order valence-electron chi connectivity index (χ2n) is 9.78. The van der Waals surface area contributed by atoms with Crippen molar-refractivity contribution >= 4 is 28.2 Å². The van der Waals surface area contributed by atoms with E-state index in [0.29, 0.717) is 35.4 Å². The number of fused-ring (bicyclic) bond motifs is 3. The molecule has 3 aromatic heterocycles. The maximum absolute atomic E-state index is 10.5. The normalized spacial score (nSPS) is 22.3. The number of hydrogen-bond acceptors (Lipinski definition) is 8. The summed E-state index contributed by atoms with van der Waals surface area (Å²) in [6, 6.07) is 6.15. The van der Waals surface area contributed by atoms with Gasteiger partial charge in [-0.05, 0) is 51.2 Å². The van der Waals surface area contributed by atoms with Crippen molar-refractivity contribution in [2.24, 2.45) is 0 Å². The van der Waals surface area contributed by atoms with Crippen LogP contribution in [0.2, 0.25) is 0 Å². The van der Waals surface area contributed by atoms with E-state index < -0.39 is 5.60 Å². The number of nitrogens with two attached hydrogens (primary N) is 1. The minimum absolute atomic E-state index is 0.162. The van der Waals surface area contributed by atoms with Crippen LogP contribution in [0, 0.1) is 0 Å². The molecule has 6 rings (SSSR count). The van der Waals surface area contributed by atoms with Gasteiger partial charge in [-0.3, -0.25) is 4.68 Å². The molecule has 10 heteroatoms. The minimum atomic E-state index is -0.598. The van der Waals surface area contributed by atoms with Crippen LogP contribution in [-0.4, -0.2) is 59.8 Å². The molecule has 2 atom stereocenters. The van der Waals surface area contributed by atoms with Gasteiger partial charge in [0.25, 0.3) is 0 Å². The predicted octanol–water partition coefficient (Wildman–Crippen LogP) is 2.75. The highest BCUT2D eigenvalue weighted by atomic mass is 16.5.